The molecule has 2 N–H and O–H groups in total. The Hall–Kier alpha value is -3.34. The van der Waals surface area contributed by atoms with Gasteiger partial charge in [-0.05, 0) is 42.3 Å². The number of nitrogens with zero attached hydrogens (tertiary/aromatic N) is 1. The molecule has 3 rings (SSSR count). The summed E-state index contributed by atoms with van der Waals surface area (Å²) in [5.41, 5.74) is 3.37. The minimum absolute atomic E-state index is 0.133. The largest absolute Gasteiger partial charge is 0.497 e. The number of rotatable bonds is 7. The number of anilines is 2. The van der Waals surface area contributed by atoms with Crippen LogP contribution in [0, 0.1) is 0 Å². The first kappa shape index (κ1) is 17.5. The first-order valence-electron chi connectivity index (χ1n) is 8.43. The highest BCUT2D eigenvalue weighted by molar-refractivity contribution is 5.94. The summed E-state index contributed by atoms with van der Waals surface area (Å²) in [5.74, 6) is 0.659. The molecule has 0 aliphatic carbocycles. The number of benzene rings is 2. The monoisotopic (exact) mass is 347 g/mol. The normalized spacial score (nSPS) is 10.2. The molecule has 132 valence electrons. The maximum absolute atomic E-state index is 12.3. The van der Waals surface area contributed by atoms with E-state index in [0.717, 1.165) is 23.5 Å². The Morgan fingerprint density at radius 3 is 2.50 bits per heavy atom. The fourth-order valence-electron chi connectivity index (χ4n) is 2.54. The van der Waals surface area contributed by atoms with Crippen LogP contribution in [0.5, 0.6) is 5.75 Å². The molecule has 0 saturated carbocycles. The molecule has 1 amide bonds. The summed E-state index contributed by atoms with van der Waals surface area (Å²) in [7, 11) is 1.63. The number of hydrogen-bond donors (Lipinski definition) is 2. The number of methoxy groups -OCH3 is 1. The van der Waals surface area contributed by atoms with Crippen molar-refractivity contribution in [1.29, 1.82) is 0 Å². The summed E-state index contributed by atoms with van der Waals surface area (Å²) in [5, 5.41) is 6.16. The summed E-state index contributed by atoms with van der Waals surface area (Å²) < 4.78 is 5.15. The fraction of sp³-hybridized carbons (Fsp3) is 0.143. The summed E-state index contributed by atoms with van der Waals surface area (Å²) >= 11 is 0. The van der Waals surface area contributed by atoms with E-state index in [-0.39, 0.29) is 5.91 Å². The van der Waals surface area contributed by atoms with Crippen molar-refractivity contribution in [3.8, 4) is 5.75 Å². The van der Waals surface area contributed by atoms with Crippen molar-refractivity contribution < 1.29 is 9.53 Å². The molecule has 26 heavy (non-hydrogen) atoms. The highest BCUT2D eigenvalue weighted by Crippen LogP contribution is 2.20. The zero-order valence-electron chi connectivity index (χ0n) is 14.6. The van der Waals surface area contributed by atoms with Crippen LogP contribution in [-0.4, -0.2) is 24.5 Å². The van der Waals surface area contributed by atoms with Gasteiger partial charge in [0.05, 0.1) is 24.6 Å². The summed E-state index contributed by atoms with van der Waals surface area (Å²) in [6.45, 7) is 0.582. The lowest BCUT2D eigenvalue weighted by Crippen LogP contribution is -2.25. The maximum Gasteiger partial charge on any atom is 0.252 e. The number of carbonyl (C=O) groups excluding carboxylic acids is 1. The summed E-state index contributed by atoms with van der Waals surface area (Å²) in [4.78, 5) is 16.5. The number of ether oxygens (including phenoxy) is 1. The fourth-order valence-corrected chi connectivity index (χ4v) is 2.54. The van der Waals surface area contributed by atoms with Gasteiger partial charge in [0.1, 0.15) is 5.75 Å². The van der Waals surface area contributed by atoms with Crippen LogP contribution in [0.2, 0.25) is 0 Å². The molecular formula is C21H21N3O2. The van der Waals surface area contributed by atoms with E-state index in [9.17, 15) is 4.79 Å². The van der Waals surface area contributed by atoms with Crippen LogP contribution in [0.25, 0.3) is 0 Å². The molecule has 3 aromatic rings. The van der Waals surface area contributed by atoms with Crippen molar-refractivity contribution in [3.63, 3.8) is 0 Å². The van der Waals surface area contributed by atoms with Crippen LogP contribution in [0.4, 0.5) is 11.4 Å². The van der Waals surface area contributed by atoms with Gasteiger partial charge in [0.25, 0.3) is 5.91 Å². The van der Waals surface area contributed by atoms with E-state index >= 15 is 0 Å². The minimum atomic E-state index is -0.133. The van der Waals surface area contributed by atoms with E-state index in [1.54, 1.807) is 25.6 Å². The van der Waals surface area contributed by atoms with Gasteiger partial charge in [-0.15, -0.1) is 0 Å². The third-order valence-corrected chi connectivity index (χ3v) is 3.92. The Morgan fingerprint density at radius 1 is 1.00 bits per heavy atom. The number of aromatic nitrogens is 1. The molecule has 0 aliphatic heterocycles. The second-order valence-electron chi connectivity index (χ2n) is 5.81. The average Bonchev–Trinajstić information content (AvgIpc) is 2.69. The lowest BCUT2D eigenvalue weighted by molar-refractivity contribution is 0.0954. The number of nitrogens with one attached hydrogen (secondary N) is 2. The first-order valence-corrected chi connectivity index (χ1v) is 8.43. The Labute approximate surface area is 153 Å². The number of pyridine rings is 1. The van der Waals surface area contributed by atoms with Crippen molar-refractivity contribution in [3.05, 3.63) is 84.2 Å². The van der Waals surface area contributed by atoms with Gasteiger partial charge in [-0.25, -0.2) is 0 Å². The second kappa shape index (κ2) is 8.67. The van der Waals surface area contributed by atoms with E-state index in [4.69, 9.17) is 4.74 Å². The zero-order chi connectivity index (χ0) is 18.2. The van der Waals surface area contributed by atoms with Gasteiger partial charge >= 0.3 is 0 Å². The van der Waals surface area contributed by atoms with Crippen molar-refractivity contribution in [2.45, 2.75) is 6.42 Å². The highest BCUT2D eigenvalue weighted by atomic mass is 16.5. The van der Waals surface area contributed by atoms with E-state index in [1.165, 1.54) is 5.56 Å². The molecule has 0 spiro atoms. The number of hydrogen-bond acceptors (Lipinski definition) is 4. The van der Waals surface area contributed by atoms with Gasteiger partial charge in [-0.2, -0.15) is 0 Å². The van der Waals surface area contributed by atoms with E-state index in [1.807, 2.05) is 54.6 Å². The van der Waals surface area contributed by atoms with Crippen LogP contribution in [0.1, 0.15) is 15.9 Å². The molecule has 0 aliphatic rings. The molecule has 2 aromatic carbocycles. The predicted molar refractivity (Wildman–Crippen MR) is 103 cm³/mol. The maximum atomic E-state index is 12.3. The van der Waals surface area contributed by atoms with Gasteiger partial charge in [-0.1, -0.05) is 30.3 Å². The van der Waals surface area contributed by atoms with Gasteiger partial charge in [0.2, 0.25) is 0 Å². The standard InChI is InChI=1S/C21H21N3O2/c1-26-20-9-7-18(8-10-20)24-19-13-17(14-22-15-19)21(25)23-12-11-16-5-3-2-4-6-16/h2-10,13-15,24H,11-12H2,1H3,(H,23,25). The SMILES string of the molecule is COc1ccc(Nc2cncc(C(=O)NCCc3ccccc3)c2)cc1. The van der Waals surface area contributed by atoms with Crippen molar-refractivity contribution in [1.82, 2.24) is 10.3 Å². The third kappa shape index (κ3) is 4.83. The summed E-state index contributed by atoms with van der Waals surface area (Å²) in [6.07, 6.45) is 4.05. The van der Waals surface area contributed by atoms with E-state index in [0.29, 0.717) is 12.1 Å². The van der Waals surface area contributed by atoms with Gasteiger partial charge in [-0.3, -0.25) is 9.78 Å². The highest BCUT2D eigenvalue weighted by Gasteiger charge is 2.07. The first-order chi connectivity index (χ1) is 12.7. The van der Waals surface area contributed by atoms with Gasteiger partial charge in [0.15, 0.2) is 0 Å². The molecule has 5 heteroatoms. The lowest BCUT2D eigenvalue weighted by atomic mass is 10.1. The Morgan fingerprint density at radius 2 is 1.77 bits per heavy atom. The van der Waals surface area contributed by atoms with Crippen molar-refractivity contribution >= 4 is 17.3 Å². The average molecular weight is 347 g/mol. The Balaban J connectivity index is 1.58. The Bertz CT molecular complexity index is 849. The van der Waals surface area contributed by atoms with Crippen molar-refractivity contribution in [2.24, 2.45) is 0 Å². The van der Waals surface area contributed by atoms with Gasteiger partial charge < -0.3 is 15.4 Å². The molecule has 0 saturated heterocycles. The second-order valence-corrected chi connectivity index (χ2v) is 5.81. The van der Waals surface area contributed by atoms with Crippen LogP contribution >= 0.6 is 0 Å². The molecule has 0 radical (unpaired) electrons. The third-order valence-electron chi connectivity index (χ3n) is 3.92. The van der Waals surface area contributed by atoms with Crippen LogP contribution in [0.3, 0.4) is 0 Å². The van der Waals surface area contributed by atoms with E-state index in [2.05, 4.69) is 15.6 Å². The van der Waals surface area contributed by atoms with Crippen LogP contribution in [-0.2, 0) is 6.42 Å². The minimum Gasteiger partial charge on any atom is -0.497 e. The number of amides is 1. The molecule has 1 aromatic heterocycles. The lowest BCUT2D eigenvalue weighted by Gasteiger charge is -2.09. The molecule has 1 heterocycles. The summed E-state index contributed by atoms with van der Waals surface area (Å²) in [6, 6.07) is 19.4. The Kier molecular flexibility index (Phi) is 5.83. The zero-order valence-corrected chi connectivity index (χ0v) is 14.6. The molecule has 0 fully saturated rings. The van der Waals surface area contributed by atoms with E-state index < -0.39 is 0 Å². The smallest absolute Gasteiger partial charge is 0.252 e. The topological polar surface area (TPSA) is 63.2 Å². The van der Waals surface area contributed by atoms with Gasteiger partial charge in [0, 0.05) is 18.4 Å². The van der Waals surface area contributed by atoms with Crippen molar-refractivity contribution in [2.75, 3.05) is 19.0 Å². The molecule has 0 atom stereocenters. The predicted octanol–water partition coefficient (Wildman–Crippen LogP) is 3.81. The molecule has 0 unspecified atom stereocenters. The van der Waals surface area contributed by atoms with Crippen LogP contribution in [0.15, 0.2) is 73.1 Å². The number of carbonyl (C=O) groups is 1. The quantitative estimate of drug-likeness (QED) is 0.682. The van der Waals surface area contributed by atoms with Crippen LogP contribution < -0.4 is 15.4 Å². The molecular weight excluding hydrogens is 326 g/mol. The molecule has 5 nitrogen and oxygen atoms in total. The molecule has 0 bridgehead atoms.